The number of carbonyl (C=O) groups excluding carboxylic acids is 3. The predicted octanol–water partition coefficient (Wildman–Crippen LogP) is 6.70. The van der Waals surface area contributed by atoms with Gasteiger partial charge in [0.25, 0.3) is 11.8 Å². The lowest BCUT2D eigenvalue weighted by molar-refractivity contribution is -0.122. The lowest BCUT2D eigenvalue weighted by Crippen LogP contribution is -2.54. The summed E-state index contributed by atoms with van der Waals surface area (Å²) in [7, 11) is 0. The van der Waals surface area contributed by atoms with Crippen molar-refractivity contribution >= 4 is 63.6 Å². The number of benzene rings is 4. The molecule has 37 heavy (non-hydrogen) atoms. The van der Waals surface area contributed by atoms with Gasteiger partial charge in [-0.2, -0.15) is 0 Å². The average Bonchev–Trinajstić information content (AvgIpc) is 2.88. The molecule has 4 aromatic carbocycles. The second-order valence-electron chi connectivity index (χ2n) is 8.46. The first-order chi connectivity index (χ1) is 17.8. The molecule has 0 aliphatic carbocycles. The molecule has 1 aliphatic rings. The van der Waals surface area contributed by atoms with Crippen molar-refractivity contribution in [3.05, 3.63) is 111 Å². The largest absolute Gasteiger partial charge is 0.488 e. The summed E-state index contributed by atoms with van der Waals surface area (Å²) in [6, 6.07) is 22.6. The van der Waals surface area contributed by atoms with Gasteiger partial charge in [0.2, 0.25) is 0 Å². The maximum atomic E-state index is 13.3. The number of rotatable bonds is 5. The van der Waals surface area contributed by atoms with Gasteiger partial charge < -0.3 is 4.74 Å². The Morgan fingerprint density at radius 3 is 2.49 bits per heavy atom. The first kappa shape index (κ1) is 24.6. The van der Waals surface area contributed by atoms with Crippen molar-refractivity contribution in [3.63, 3.8) is 0 Å². The maximum absolute atomic E-state index is 13.3. The van der Waals surface area contributed by atoms with E-state index in [0.29, 0.717) is 16.3 Å². The average molecular weight is 531 g/mol. The molecule has 0 unspecified atom stereocenters. The molecule has 1 aliphatic heterocycles. The number of hydrogen-bond acceptors (Lipinski definition) is 4. The fourth-order valence-electron chi connectivity index (χ4n) is 4.21. The van der Waals surface area contributed by atoms with E-state index in [4.69, 9.17) is 27.9 Å². The van der Waals surface area contributed by atoms with E-state index in [-0.39, 0.29) is 22.9 Å². The van der Waals surface area contributed by atoms with Crippen LogP contribution in [0.3, 0.4) is 0 Å². The van der Waals surface area contributed by atoms with Crippen molar-refractivity contribution in [2.75, 3.05) is 4.90 Å². The molecule has 4 aromatic rings. The third-order valence-electron chi connectivity index (χ3n) is 6.11. The molecule has 0 spiro atoms. The fourth-order valence-corrected chi connectivity index (χ4v) is 4.62. The van der Waals surface area contributed by atoms with Crippen LogP contribution in [0, 0.1) is 6.92 Å². The van der Waals surface area contributed by atoms with Gasteiger partial charge >= 0.3 is 6.03 Å². The van der Waals surface area contributed by atoms with Crippen LogP contribution in [-0.2, 0) is 16.2 Å². The van der Waals surface area contributed by atoms with Crippen LogP contribution >= 0.6 is 23.2 Å². The van der Waals surface area contributed by atoms with Gasteiger partial charge in [-0.05, 0) is 59.7 Å². The molecule has 0 aromatic heterocycles. The van der Waals surface area contributed by atoms with E-state index in [1.54, 1.807) is 36.4 Å². The monoisotopic (exact) mass is 530 g/mol. The Morgan fingerprint density at radius 1 is 0.919 bits per heavy atom. The topological polar surface area (TPSA) is 75.7 Å². The lowest BCUT2D eigenvalue weighted by atomic mass is 10.0. The first-order valence-electron chi connectivity index (χ1n) is 11.4. The van der Waals surface area contributed by atoms with Crippen LogP contribution in [0.25, 0.3) is 16.8 Å². The number of carbonyl (C=O) groups is 3. The second kappa shape index (κ2) is 10.1. The van der Waals surface area contributed by atoms with Gasteiger partial charge in [0.05, 0.1) is 10.7 Å². The summed E-state index contributed by atoms with van der Waals surface area (Å²) in [6.45, 7) is 2.27. The summed E-state index contributed by atoms with van der Waals surface area (Å²) < 4.78 is 6.18. The van der Waals surface area contributed by atoms with Crippen molar-refractivity contribution in [1.82, 2.24) is 5.32 Å². The number of urea groups is 1. The molecular formula is C29H20Cl2N2O4. The fraction of sp³-hybridized carbons (Fsp3) is 0.0690. The van der Waals surface area contributed by atoms with E-state index >= 15 is 0 Å². The number of ether oxygens (including phenoxy) is 1. The van der Waals surface area contributed by atoms with Gasteiger partial charge in [-0.3, -0.25) is 14.9 Å². The van der Waals surface area contributed by atoms with E-state index in [1.807, 2.05) is 37.3 Å². The number of hydrogen-bond donors (Lipinski definition) is 1. The summed E-state index contributed by atoms with van der Waals surface area (Å²) in [6.07, 6.45) is 1.37. The van der Waals surface area contributed by atoms with E-state index in [0.717, 1.165) is 26.8 Å². The van der Waals surface area contributed by atoms with Crippen molar-refractivity contribution in [3.8, 4) is 5.75 Å². The highest BCUT2D eigenvalue weighted by atomic mass is 35.5. The Kier molecular flexibility index (Phi) is 6.70. The zero-order valence-corrected chi connectivity index (χ0v) is 21.1. The van der Waals surface area contributed by atoms with Crippen molar-refractivity contribution < 1.29 is 19.1 Å². The van der Waals surface area contributed by atoms with Gasteiger partial charge in [-0.25, -0.2) is 9.69 Å². The van der Waals surface area contributed by atoms with E-state index < -0.39 is 17.8 Å². The summed E-state index contributed by atoms with van der Waals surface area (Å²) in [4.78, 5) is 39.4. The predicted molar refractivity (Wildman–Crippen MR) is 145 cm³/mol. The number of nitrogens with zero attached hydrogens (tertiary/aromatic N) is 1. The third kappa shape index (κ3) is 4.81. The first-order valence-corrected chi connectivity index (χ1v) is 12.1. The van der Waals surface area contributed by atoms with Crippen LogP contribution in [0.4, 0.5) is 10.5 Å². The summed E-state index contributed by atoms with van der Waals surface area (Å²) in [5, 5.41) is 4.96. The number of amides is 4. The molecule has 0 bridgehead atoms. The van der Waals surface area contributed by atoms with Crippen LogP contribution in [0.2, 0.25) is 10.0 Å². The minimum atomic E-state index is -0.880. The molecule has 0 radical (unpaired) electrons. The second-order valence-corrected chi connectivity index (χ2v) is 9.31. The highest BCUT2D eigenvalue weighted by Crippen LogP contribution is 2.32. The molecule has 1 fully saturated rings. The molecule has 1 saturated heterocycles. The number of barbiturate groups is 1. The lowest BCUT2D eigenvalue weighted by Gasteiger charge is -2.27. The molecule has 5 rings (SSSR count). The van der Waals surface area contributed by atoms with E-state index in [2.05, 4.69) is 11.4 Å². The van der Waals surface area contributed by atoms with Gasteiger partial charge in [-0.15, -0.1) is 0 Å². The molecular weight excluding hydrogens is 511 g/mol. The van der Waals surface area contributed by atoms with Gasteiger partial charge in [0.15, 0.2) is 0 Å². The van der Waals surface area contributed by atoms with Crippen LogP contribution in [0.5, 0.6) is 5.75 Å². The van der Waals surface area contributed by atoms with E-state index in [9.17, 15) is 14.4 Å². The van der Waals surface area contributed by atoms with Crippen molar-refractivity contribution in [2.24, 2.45) is 0 Å². The summed E-state index contributed by atoms with van der Waals surface area (Å²) in [5.41, 5.74) is 2.42. The third-order valence-corrected chi connectivity index (χ3v) is 6.67. The van der Waals surface area contributed by atoms with Gasteiger partial charge in [-0.1, -0.05) is 71.7 Å². The number of nitrogens with one attached hydrogen (secondary N) is 1. The Morgan fingerprint density at radius 2 is 1.68 bits per heavy atom. The standard InChI is InChI=1S/C29H20Cl2N2O4/c1-17-10-11-18-6-2-3-7-21(18)23(17)16-37-26-13-12-20(30)14-19(26)15-22-27(34)32-29(36)33(28(22)35)25-9-5-4-8-24(25)31/h2-15H,16H2,1H3,(H,32,34,36)/b22-15+. The number of para-hydroxylation sites is 1. The number of halogens is 2. The molecule has 1 heterocycles. The number of anilines is 1. The number of imide groups is 2. The molecule has 0 saturated carbocycles. The Hall–Kier alpha value is -4.13. The molecule has 0 atom stereocenters. The summed E-state index contributed by atoms with van der Waals surface area (Å²) in [5.74, 6) is -1.21. The van der Waals surface area contributed by atoms with Gasteiger partial charge in [0.1, 0.15) is 17.9 Å². The van der Waals surface area contributed by atoms with Crippen LogP contribution in [-0.4, -0.2) is 17.8 Å². The molecule has 8 heteroatoms. The Balaban J connectivity index is 1.51. The van der Waals surface area contributed by atoms with Crippen LogP contribution in [0.1, 0.15) is 16.7 Å². The highest BCUT2D eigenvalue weighted by Gasteiger charge is 2.37. The number of fused-ring (bicyclic) bond motifs is 1. The molecule has 1 N–H and O–H groups in total. The van der Waals surface area contributed by atoms with Crippen molar-refractivity contribution in [1.29, 1.82) is 0 Å². The zero-order chi connectivity index (χ0) is 26.1. The smallest absolute Gasteiger partial charge is 0.335 e. The number of aryl methyl sites for hydroxylation is 1. The molecule has 6 nitrogen and oxygen atoms in total. The SMILES string of the molecule is Cc1ccc2ccccc2c1COc1ccc(Cl)cc1/C=C1\C(=O)NC(=O)N(c2ccccc2Cl)C1=O. The van der Waals surface area contributed by atoms with Crippen LogP contribution in [0.15, 0.2) is 84.4 Å². The molecule has 184 valence electrons. The Bertz CT molecular complexity index is 1610. The minimum Gasteiger partial charge on any atom is -0.488 e. The van der Waals surface area contributed by atoms with E-state index in [1.165, 1.54) is 12.1 Å². The molecule has 4 amide bonds. The Labute approximate surface area is 223 Å². The van der Waals surface area contributed by atoms with Gasteiger partial charge in [0, 0.05) is 16.1 Å². The zero-order valence-electron chi connectivity index (χ0n) is 19.6. The minimum absolute atomic E-state index is 0.166. The van der Waals surface area contributed by atoms with Crippen molar-refractivity contribution in [2.45, 2.75) is 13.5 Å². The summed E-state index contributed by atoms with van der Waals surface area (Å²) >= 11 is 12.5. The highest BCUT2D eigenvalue weighted by molar-refractivity contribution is 6.42. The maximum Gasteiger partial charge on any atom is 0.335 e. The normalized spacial score (nSPS) is 14.8. The van der Waals surface area contributed by atoms with Crippen LogP contribution < -0.4 is 15.0 Å². The quantitative estimate of drug-likeness (QED) is 0.230.